The zero-order valence-electron chi connectivity index (χ0n) is 9.93. The molecule has 0 bridgehead atoms. The van der Waals surface area contributed by atoms with Crippen molar-refractivity contribution in [2.45, 2.75) is 26.4 Å². The van der Waals surface area contributed by atoms with Gasteiger partial charge in [0.15, 0.2) is 0 Å². The van der Waals surface area contributed by atoms with E-state index in [-0.39, 0.29) is 13.2 Å². The van der Waals surface area contributed by atoms with E-state index in [4.69, 9.17) is 15.1 Å². The Kier molecular flexibility index (Phi) is 6.51. The van der Waals surface area contributed by atoms with Crippen LogP contribution in [0.25, 0.3) is 0 Å². The molecule has 96 valence electrons. The van der Waals surface area contributed by atoms with E-state index in [9.17, 15) is 9.90 Å². The van der Waals surface area contributed by atoms with Gasteiger partial charge in [-0.1, -0.05) is 13.8 Å². The predicted molar refractivity (Wildman–Crippen MR) is 57.2 cm³/mol. The van der Waals surface area contributed by atoms with E-state index in [0.717, 1.165) is 0 Å². The minimum atomic E-state index is -1.19. The zero-order chi connectivity index (χ0) is 12.8. The second kappa shape index (κ2) is 6.80. The molecule has 0 saturated carbocycles. The Morgan fingerprint density at radius 1 is 1.25 bits per heavy atom. The lowest BCUT2D eigenvalue weighted by Gasteiger charge is -2.39. The Balaban J connectivity index is 4.87. The second-order valence-corrected chi connectivity index (χ2v) is 4.04. The van der Waals surface area contributed by atoms with Crippen molar-refractivity contribution in [1.82, 2.24) is 5.48 Å². The zero-order valence-corrected chi connectivity index (χ0v) is 9.93. The highest BCUT2D eigenvalue weighted by atomic mass is 16.7. The van der Waals surface area contributed by atoms with Gasteiger partial charge in [-0.3, -0.25) is 9.63 Å². The number of carbonyl (C=O) groups is 1. The first-order valence-electron chi connectivity index (χ1n) is 5.21. The summed E-state index contributed by atoms with van der Waals surface area (Å²) in [7, 11) is 0. The lowest BCUT2D eigenvalue weighted by molar-refractivity contribution is -0.201. The van der Waals surface area contributed by atoms with Gasteiger partial charge in [0, 0.05) is 32.0 Å². The van der Waals surface area contributed by atoms with Crippen LogP contribution in [0.15, 0.2) is 0 Å². The van der Waals surface area contributed by atoms with Crippen molar-refractivity contribution in [3.63, 3.8) is 0 Å². The monoisotopic (exact) mass is 235 g/mol. The van der Waals surface area contributed by atoms with Crippen molar-refractivity contribution >= 4 is 5.91 Å². The molecule has 0 aliphatic carbocycles. The Morgan fingerprint density at radius 2 is 1.69 bits per heavy atom. The minimum Gasteiger partial charge on any atom is -0.396 e. The summed E-state index contributed by atoms with van der Waals surface area (Å²) in [6.45, 7) is 3.77. The summed E-state index contributed by atoms with van der Waals surface area (Å²) < 4.78 is 0. The Labute approximate surface area is 95.2 Å². The molecule has 2 unspecified atom stereocenters. The minimum absolute atomic E-state index is 0.218. The predicted octanol–water partition coefficient (Wildman–Crippen LogP) is -0.958. The number of aliphatic hydroxyl groups is 3. The van der Waals surface area contributed by atoms with Crippen LogP contribution in [0.3, 0.4) is 0 Å². The molecule has 0 spiro atoms. The molecule has 6 nitrogen and oxygen atoms in total. The average Bonchev–Trinajstić information content (AvgIpc) is 2.28. The molecule has 6 heteroatoms. The van der Waals surface area contributed by atoms with Crippen molar-refractivity contribution in [3.05, 3.63) is 0 Å². The van der Waals surface area contributed by atoms with Crippen molar-refractivity contribution in [2.24, 2.45) is 11.8 Å². The SMILES string of the molecule is CC(=O)NOC(CO)(C(C)CO)C(C)CO. The molecule has 0 fully saturated rings. The fourth-order valence-electron chi connectivity index (χ4n) is 1.51. The Morgan fingerprint density at radius 3 is 1.94 bits per heavy atom. The largest absolute Gasteiger partial charge is 0.396 e. The highest BCUT2D eigenvalue weighted by molar-refractivity contribution is 5.71. The number of hydrogen-bond donors (Lipinski definition) is 4. The van der Waals surface area contributed by atoms with Crippen LogP contribution in [-0.2, 0) is 9.63 Å². The molecule has 1 amide bonds. The van der Waals surface area contributed by atoms with E-state index < -0.39 is 30.0 Å². The molecule has 2 atom stereocenters. The first-order chi connectivity index (χ1) is 7.44. The van der Waals surface area contributed by atoms with Crippen LogP contribution in [0, 0.1) is 11.8 Å². The van der Waals surface area contributed by atoms with Gasteiger partial charge < -0.3 is 15.3 Å². The number of amides is 1. The van der Waals surface area contributed by atoms with Crippen molar-refractivity contribution in [2.75, 3.05) is 19.8 Å². The van der Waals surface area contributed by atoms with Crippen LogP contribution in [0.1, 0.15) is 20.8 Å². The molecule has 0 aromatic heterocycles. The number of hydrogen-bond acceptors (Lipinski definition) is 5. The smallest absolute Gasteiger partial charge is 0.240 e. The highest BCUT2D eigenvalue weighted by Crippen LogP contribution is 2.29. The van der Waals surface area contributed by atoms with Crippen LogP contribution < -0.4 is 5.48 Å². The molecular formula is C10H21NO5. The summed E-state index contributed by atoms with van der Waals surface area (Å²) in [4.78, 5) is 16.0. The van der Waals surface area contributed by atoms with Crippen LogP contribution in [0.2, 0.25) is 0 Å². The number of aliphatic hydroxyl groups excluding tert-OH is 3. The first-order valence-corrected chi connectivity index (χ1v) is 5.21. The third-order valence-electron chi connectivity index (χ3n) is 2.85. The summed E-state index contributed by atoms with van der Waals surface area (Å²) >= 11 is 0. The van der Waals surface area contributed by atoms with Gasteiger partial charge in [-0.2, -0.15) is 0 Å². The molecule has 0 aliphatic heterocycles. The van der Waals surface area contributed by atoms with Gasteiger partial charge in [-0.25, -0.2) is 5.48 Å². The third kappa shape index (κ3) is 3.41. The molecule has 0 saturated heterocycles. The Bertz CT molecular complexity index is 211. The van der Waals surface area contributed by atoms with Crippen molar-refractivity contribution < 1.29 is 25.0 Å². The molecule has 0 heterocycles. The van der Waals surface area contributed by atoms with Crippen LogP contribution >= 0.6 is 0 Å². The van der Waals surface area contributed by atoms with E-state index in [1.807, 2.05) is 0 Å². The number of rotatable bonds is 7. The van der Waals surface area contributed by atoms with Crippen molar-refractivity contribution in [3.8, 4) is 0 Å². The average molecular weight is 235 g/mol. The molecule has 0 rings (SSSR count). The second-order valence-electron chi connectivity index (χ2n) is 4.04. The highest BCUT2D eigenvalue weighted by Gasteiger charge is 2.43. The number of carbonyl (C=O) groups excluding carboxylic acids is 1. The summed E-state index contributed by atoms with van der Waals surface area (Å²) in [6.07, 6.45) is 0. The summed E-state index contributed by atoms with van der Waals surface area (Å²) in [5.41, 5.74) is 0.961. The van der Waals surface area contributed by atoms with Gasteiger partial charge in [-0.05, 0) is 0 Å². The maximum absolute atomic E-state index is 10.8. The number of nitrogens with one attached hydrogen (secondary N) is 1. The lowest BCUT2D eigenvalue weighted by atomic mass is 9.79. The van der Waals surface area contributed by atoms with E-state index in [1.54, 1.807) is 13.8 Å². The summed E-state index contributed by atoms with van der Waals surface area (Å²) in [5.74, 6) is -1.26. The normalized spacial score (nSPS) is 18.6. The summed E-state index contributed by atoms with van der Waals surface area (Å²) in [5, 5.41) is 27.6. The van der Waals surface area contributed by atoms with Gasteiger partial charge in [0.1, 0.15) is 5.60 Å². The Hall–Kier alpha value is -0.690. The first kappa shape index (κ1) is 15.3. The van der Waals surface area contributed by atoms with Gasteiger partial charge in [0.05, 0.1) is 6.61 Å². The molecule has 0 aliphatic rings. The van der Waals surface area contributed by atoms with E-state index in [0.29, 0.717) is 0 Å². The molecular weight excluding hydrogens is 214 g/mol. The van der Waals surface area contributed by atoms with Gasteiger partial charge in [-0.15, -0.1) is 0 Å². The molecule has 0 aromatic carbocycles. The van der Waals surface area contributed by atoms with E-state index in [1.165, 1.54) is 6.92 Å². The number of hydroxylamine groups is 1. The van der Waals surface area contributed by atoms with Gasteiger partial charge >= 0.3 is 0 Å². The van der Waals surface area contributed by atoms with Crippen molar-refractivity contribution in [1.29, 1.82) is 0 Å². The maximum Gasteiger partial charge on any atom is 0.240 e. The standard InChI is InChI=1S/C10H21NO5/c1-7(4-12)10(6-14,8(2)5-13)16-11-9(3)15/h7-8,12-14H,4-6H2,1-3H3,(H,11,15). The summed E-state index contributed by atoms with van der Waals surface area (Å²) in [6, 6.07) is 0. The fraction of sp³-hybridized carbons (Fsp3) is 0.900. The van der Waals surface area contributed by atoms with Gasteiger partial charge in [0.25, 0.3) is 0 Å². The van der Waals surface area contributed by atoms with E-state index in [2.05, 4.69) is 5.48 Å². The van der Waals surface area contributed by atoms with Crippen LogP contribution in [0.5, 0.6) is 0 Å². The third-order valence-corrected chi connectivity index (χ3v) is 2.85. The lowest BCUT2D eigenvalue weighted by Crippen LogP contribution is -2.54. The quantitative estimate of drug-likeness (QED) is 0.426. The van der Waals surface area contributed by atoms with Crippen LogP contribution in [-0.4, -0.2) is 46.6 Å². The molecule has 4 N–H and O–H groups in total. The fourth-order valence-corrected chi connectivity index (χ4v) is 1.51. The van der Waals surface area contributed by atoms with Crippen LogP contribution in [0.4, 0.5) is 0 Å². The molecule has 0 aromatic rings. The molecule has 0 radical (unpaired) electrons. The van der Waals surface area contributed by atoms with Gasteiger partial charge in [0.2, 0.25) is 5.91 Å². The molecule has 16 heavy (non-hydrogen) atoms. The maximum atomic E-state index is 10.8. The van der Waals surface area contributed by atoms with E-state index >= 15 is 0 Å². The topological polar surface area (TPSA) is 99.0 Å².